The lowest BCUT2D eigenvalue weighted by molar-refractivity contribution is 0.474. The number of aliphatic imine (C=N–C) groups is 4. The molecule has 258 valence electrons. The van der Waals surface area contributed by atoms with Crippen LogP contribution in [0.2, 0.25) is 20.1 Å². The van der Waals surface area contributed by atoms with E-state index in [9.17, 15) is 20.4 Å². The zero-order valence-corrected chi connectivity index (χ0v) is 29.8. The van der Waals surface area contributed by atoms with E-state index in [0.717, 1.165) is 11.1 Å². The van der Waals surface area contributed by atoms with Gasteiger partial charge in [0, 0.05) is 67.2 Å². The number of aromatic hydroxyl groups is 4. The lowest BCUT2D eigenvalue weighted by atomic mass is 10.0. The van der Waals surface area contributed by atoms with Crippen LogP contribution >= 0.6 is 46.4 Å². The number of hydrogen-bond donors (Lipinski definition) is 4. The molecule has 0 aliphatic carbocycles. The van der Waals surface area contributed by atoms with E-state index in [4.69, 9.17) is 46.4 Å². The molecular weight excluding hydrogens is 742 g/mol. The van der Waals surface area contributed by atoms with Crippen LogP contribution in [0, 0.1) is 0 Å². The van der Waals surface area contributed by atoms with Gasteiger partial charge in [-0.05, 0) is 108 Å². The molecule has 0 heterocycles. The topological polar surface area (TPSA) is 130 Å². The highest BCUT2D eigenvalue weighted by Gasteiger charge is 2.10. The normalized spacial score (nSPS) is 11.8. The van der Waals surface area contributed by atoms with Crippen LogP contribution in [0.5, 0.6) is 23.0 Å². The molecule has 0 amide bonds. The first-order valence-corrected chi connectivity index (χ1v) is 16.9. The molecule has 0 fully saturated rings. The summed E-state index contributed by atoms with van der Waals surface area (Å²) in [6.07, 6.45) is 5.92. The van der Waals surface area contributed by atoms with Gasteiger partial charge in [0.1, 0.15) is 23.0 Å². The Bertz CT molecular complexity index is 2260. The van der Waals surface area contributed by atoms with Crippen LogP contribution in [0.1, 0.15) is 22.3 Å². The third-order valence-electron chi connectivity index (χ3n) is 7.61. The Kier molecular flexibility index (Phi) is 11.2. The predicted molar refractivity (Wildman–Crippen MR) is 213 cm³/mol. The number of halogens is 4. The average Bonchev–Trinajstić information content (AvgIpc) is 3.13. The first-order valence-electron chi connectivity index (χ1n) is 15.4. The molecule has 8 nitrogen and oxygen atoms in total. The standard InChI is InChI=1S/C40H26Cl4N4O4/c41-29-3-9-37(49)25(13-29)19-45-33-7-1-23(17-35(33)47-21-27-15-31(43)5-11-39(27)51)24-2-8-34(46-20-26-14-30(42)4-10-38(26)50)36(18-24)48-22-28-16-32(44)6-12-40(28)52/h1-22,49-52H. The fraction of sp³-hybridized carbons (Fsp3) is 0. The van der Waals surface area contributed by atoms with E-state index in [1.807, 2.05) is 12.1 Å². The summed E-state index contributed by atoms with van der Waals surface area (Å²) < 4.78 is 0. The molecule has 0 bridgehead atoms. The Morgan fingerprint density at radius 3 is 0.885 bits per heavy atom. The maximum atomic E-state index is 10.4. The summed E-state index contributed by atoms with van der Waals surface area (Å²) >= 11 is 24.6. The molecule has 4 N–H and O–H groups in total. The molecule has 52 heavy (non-hydrogen) atoms. The van der Waals surface area contributed by atoms with Crippen molar-refractivity contribution >= 4 is 94.0 Å². The molecule has 6 aromatic carbocycles. The Hall–Kier alpha value is -5.64. The molecule has 0 aromatic heterocycles. The number of phenols is 4. The van der Waals surface area contributed by atoms with Crippen molar-refractivity contribution in [2.75, 3.05) is 0 Å². The average molecular weight is 768 g/mol. The summed E-state index contributed by atoms with van der Waals surface area (Å²) in [6, 6.07) is 29.4. The summed E-state index contributed by atoms with van der Waals surface area (Å²) in [6.45, 7) is 0. The number of rotatable bonds is 9. The van der Waals surface area contributed by atoms with E-state index in [2.05, 4.69) is 20.0 Å². The lowest BCUT2D eigenvalue weighted by Gasteiger charge is -2.09. The van der Waals surface area contributed by atoms with E-state index in [0.29, 0.717) is 65.1 Å². The van der Waals surface area contributed by atoms with Crippen molar-refractivity contribution in [1.29, 1.82) is 0 Å². The number of nitrogens with zero attached hydrogens (tertiary/aromatic N) is 4. The van der Waals surface area contributed by atoms with Crippen molar-refractivity contribution in [2.24, 2.45) is 20.0 Å². The SMILES string of the molecule is Oc1ccc(Cl)cc1C=Nc1ccc(-c2ccc(N=Cc3cc(Cl)ccc3O)c(N=Cc3cc(Cl)ccc3O)c2)cc1N=Cc1cc(Cl)ccc1O. The van der Waals surface area contributed by atoms with Gasteiger partial charge in [0.15, 0.2) is 0 Å². The van der Waals surface area contributed by atoms with Crippen LogP contribution < -0.4 is 0 Å². The van der Waals surface area contributed by atoms with E-state index in [1.54, 1.807) is 72.8 Å². The maximum absolute atomic E-state index is 10.4. The first kappa shape index (κ1) is 36.2. The van der Waals surface area contributed by atoms with Crippen LogP contribution in [0.4, 0.5) is 22.7 Å². The minimum atomic E-state index is -0.00585. The van der Waals surface area contributed by atoms with Crippen molar-refractivity contribution in [3.05, 3.63) is 152 Å². The second-order valence-corrected chi connectivity index (χ2v) is 13.0. The largest absolute Gasteiger partial charge is 0.507 e. The summed E-state index contributed by atoms with van der Waals surface area (Å²) in [5.74, 6) is -0.000265. The molecule has 12 heteroatoms. The van der Waals surface area contributed by atoms with Gasteiger partial charge in [-0.2, -0.15) is 0 Å². The third-order valence-corrected chi connectivity index (χ3v) is 8.55. The van der Waals surface area contributed by atoms with Crippen LogP contribution in [0.3, 0.4) is 0 Å². The van der Waals surface area contributed by atoms with Gasteiger partial charge in [-0.3, -0.25) is 20.0 Å². The molecule has 6 aromatic rings. The van der Waals surface area contributed by atoms with Gasteiger partial charge in [-0.15, -0.1) is 0 Å². The Labute approximate surface area is 318 Å². The highest BCUT2D eigenvalue weighted by Crippen LogP contribution is 2.38. The van der Waals surface area contributed by atoms with E-state index < -0.39 is 0 Å². The van der Waals surface area contributed by atoms with Crippen molar-refractivity contribution in [3.63, 3.8) is 0 Å². The summed E-state index contributed by atoms with van der Waals surface area (Å²) in [4.78, 5) is 18.5. The molecule has 6 rings (SSSR count). The van der Waals surface area contributed by atoms with Gasteiger partial charge in [0.25, 0.3) is 0 Å². The smallest absolute Gasteiger partial charge is 0.124 e. The zero-order chi connectivity index (χ0) is 36.8. The van der Waals surface area contributed by atoms with E-state index >= 15 is 0 Å². The van der Waals surface area contributed by atoms with Crippen molar-refractivity contribution in [1.82, 2.24) is 0 Å². The molecule has 0 unspecified atom stereocenters. The highest BCUT2D eigenvalue weighted by molar-refractivity contribution is 6.32. The molecule has 0 saturated heterocycles. The lowest BCUT2D eigenvalue weighted by Crippen LogP contribution is -1.86. The monoisotopic (exact) mass is 766 g/mol. The van der Waals surface area contributed by atoms with Gasteiger partial charge in [0.2, 0.25) is 0 Å². The molecule has 0 aliphatic heterocycles. The van der Waals surface area contributed by atoms with Crippen LogP contribution in [0.25, 0.3) is 11.1 Å². The Balaban J connectivity index is 1.44. The fourth-order valence-corrected chi connectivity index (χ4v) is 5.62. The first-order chi connectivity index (χ1) is 25.0. The summed E-state index contributed by atoms with van der Waals surface area (Å²) in [7, 11) is 0. The van der Waals surface area contributed by atoms with Crippen LogP contribution in [-0.4, -0.2) is 45.3 Å². The minimum absolute atomic E-state index is 0.00571. The fourth-order valence-electron chi connectivity index (χ4n) is 4.90. The number of benzene rings is 6. The molecule has 0 saturated carbocycles. The number of phenolic OH excluding ortho intramolecular Hbond substituents is 4. The predicted octanol–water partition coefficient (Wildman–Crippen LogP) is 11.8. The second-order valence-electron chi connectivity index (χ2n) is 11.3. The van der Waals surface area contributed by atoms with E-state index in [1.165, 1.54) is 49.1 Å². The van der Waals surface area contributed by atoms with Crippen molar-refractivity contribution < 1.29 is 20.4 Å². The maximum Gasteiger partial charge on any atom is 0.124 e. The van der Waals surface area contributed by atoms with Gasteiger partial charge < -0.3 is 20.4 Å². The Morgan fingerprint density at radius 2 is 0.596 bits per heavy atom. The second kappa shape index (κ2) is 16.1. The van der Waals surface area contributed by atoms with Gasteiger partial charge in [0.05, 0.1) is 22.7 Å². The van der Waals surface area contributed by atoms with Gasteiger partial charge in [-0.1, -0.05) is 58.5 Å². The Morgan fingerprint density at radius 1 is 0.327 bits per heavy atom. The summed E-state index contributed by atoms with van der Waals surface area (Å²) in [5.41, 5.74) is 4.86. The summed E-state index contributed by atoms with van der Waals surface area (Å²) in [5, 5.41) is 43.2. The quantitative estimate of drug-likeness (QED) is 0.109. The number of hydrogen-bond acceptors (Lipinski definition) is 8. The van der Waals surface area contributed by atoms with Crippen LogP contribution in [-0.2, 0) is 0 Å². The molecule has 0 spiro atoms. The molecule has 0 atom stereocenters. The molecule has 0 radical (unpaired) electrons. The zero-order valence-electron chi connectivity index (χ0n) is 26.8. The molecular formula is C40H26Cl4N4O4. The van der Waals surface area contributed by atoms with E-state index in [-0.39, 0.29) is 23.0 Å². The minimum Gasteiger partial charge on any atom is -0.507 e. The van der Waals surface area contributed by atoms with Gasteiger partial charge in [-0.25, -0.2) is 0 Å². The third kappa shape index (κ3) is 8.98. The van der Waals surface area contributed by atoms with Crippen LogP contribution in [0.15, 0.2) is 129 Å². The van der Waals surface area contributed by atoms with Gasteiger partial charge >= 0.3 is 0 Å². The highest BCUT2D eigenvalue weighted by atomic mass is 35.5. The molecule has 0 aliphatic rings. The van der Waals surface area contributed by atoms with Crippen molar-refractivity contribution in [2.45, 2.75) is 0 Å². The van der Waals surface area contributed by atoms with Crippen molar-refractivity contribution in [3.8, 4) is 34.1 Å².